The normalized spacial score (nSPS) is 19.6. The molecule has 2 aliphatic rings. The van der Waals surface area contributed by atoms with Gasteiger partial charge in [0.1, 0.15) is 17.1 Å². The first-order chi connectivity index (χ1) is 17.1. The molecule has 6 nitrogen and oxygen atoms in total. The molecule has 1 amide bonds. The topological polar surface area (TPSA) is 85.5 Å². The van der Waals surface area contributed by atoms with Crippen LogP contribution in [0.1, 0.15) is 17.2 Å². The number of pyridine rings is 1. The molecule has 2 aromatic carbocycles. The minimum absolute atomic E-state index is 0.262. The Kier molecular flexibility index (Phi) is 7.03. The number of nitrogens with zero attached hydrogens (tertiary/aromatic N) is 2. The van der Waals surface area contributed by atoms with E-state index in [9.17, 15) is 9.59 Å². The molecule has 0 saturated carbocycles. The Morgan fingerprint density at radius 1 is 1.06 bits per heavy atom. The third kappa shape index (κ3) is 4.91. The molecule has 8 heteroatoms. The number of thioether (sulfide) groups is 2. The van der Waals surface area contributed by atoms with Crippen molar-refractivity contribution in [1.82, 2.24) is 9.88 Å². The average Bonchev–Trinajstić information content (AvgIpc) is 2.92. The molecule has 0 aliphatic carbocycles. The molecule has 3 aromatic rings. The molecule has 1 aromatic heterocycles. The van der Waals surface area contributed by atoms with E-state index in [1.54, 1.807) is 24.2 Å². The number of β-lactam (4-membered cyclic amide) rings is 1. The number of allylic oxidation sites excluding steroid dienone is 1. The van der Waals surface area contributed by atoms with Crippen LogP contribution in [0.25, 0.3) is 0 Å². The lowest BCUT2D eigenvalue weighted by atomic mass is 10.0. The van der Waals surface area contributed by atoms with E-state index >= 15 is 0 Å². The second-order valence-electron chi connectivity index (χ2n) is 8.02. The molecule has 2 aliphatic heterocycles. The van der Waals surface area contributed by atoms with Crippen molar-refractivity contribution < 1.29 is 14.3 Å². The average molecular weight is 502 g/mol. The van der Waals surface area contributed by atoms with Crippen molar-refractivity contribution in [1.29, 1.82) is 0 Å². The summed E-state index contributed by atoms with van der Waals surface area (Å²) in [6, 6.07) is 22.4. The Bertz CT molecular complexity index is 1230. The van der Waals surface area contributed by atoms with Gasteiger partial charge in [0.25, 0.3) is 0 Å². The number of ether oxygens (including phenoxy) is 1. The number of hydrogen-bond acceptors (Lipinski definition) is 7. The third-order valence-electron chi connectivity index (χ3n) is 5.78. The van der Waals surface area contributed by atoms with Crippen molar-refractivity contribution in [3.05, 3.63) is 119 Å². The summed E-state index contributed by atoms with van der Waals surface area (Å²) >= 11 is 3.07. The standard InChI is InChI=1S/C27H23N3O3S2/c28-22-25(31)30-23(20(17-35-26(22)30)13-16-34-21-11-14-29-15-12-21)27(32)33-24(18-7-3-1-4-8-18)19-9-5-2-6-10-19/h1-16,22,24,26H,17,28H2/b16-13+/t22?,26-/m1/s1. The van der Waals surface area contributed by atoms with Gasteiger partial charge in [-0.15, -0.1) is 11.8 Å². The fraction of sp³-hybridized carbons (Fsp3) is 0.148. The van der Waals surface area contributed by atoms with Crippen LogP contribution in [0.3, 0.4) is 0 Å². The molecule has 0 bridgehead atoms. The Morgan fingerprint density at radius 3 is 2.31 bits per heavy atom. The van der Waals surface area contributed by atoms with Crippen LogP contribution < -0.4 is 5.73 Å². The van der Waals surface area contributed by atoms with Gasteiger partial charge in [-0.25, -0.2) is 4.79 Å². The van der Waals surface area contributed by atoms with E-state index in [1.165, 1.54) is 16.7 Å². The molecule has 0 spiro atoms. The van der Waals surface area contributed by atoms with Gasteiger partial charge in [0.2, 0.25) is 5.91 Å². The number of carbonyl (C=O) groups excluding carboxylic acids is 2. The van der Waals surface area contributed by atoms with E-state index in [2.05, 4.69) is 4.98 Å². The van der Waals surface area contributed by atoms with Crippen LogP contribution >= 0.6 is 23.5 Å². The Labute approximate surface area is 212 Å². The highest BCUT2D eigenvalue weighted by Crippen LogP contribution is 2.41. The van der Waals surface area contributed by atoms with Crippen LogP contribution in [0.4, 0.5) is 0 Å². The monoisotopic (exact) mass is 501 g/mol. The smallest absolute Gasteiger partial charge is 0.356 e. The van der Waals surface area contributed by atoms with Gasteiger partial charge < -0.3 is 10.5 Å². The summed E-state index contributed by atoms with van der Waals surface area (Å²) in [6.07, 6.45) is 4.73. The molecule has 2 atom stereocenters. The number of amides is 1. The third-order valence-corrected chi connectivity index (χ3v) is 7.92. The zero-order valence-electron chi connectivity index (χ0n) is 18.7. The number of nitrogens with two attached hydrogens (primary N) is 1. The Morgan fingerprint density at radius 2 is 1.69 bits per heavy atom. The highest BCUT2D eigenvalue weighted by atomic mass is 32.2. The molecule has 1 unspecified atom stereocenters. The van der Waals surface area contributed by atoms with Crippen molar-refractivity contribution in [3.63, 3.8) is 0 Å². The molecular formula is C27H23N3O3S2. The van der Waals surface area contributed by atoms with Gasteiger partial charge in [0, 0.05) is 23.0 Å². The summed E-state index contributed by atoms with van der Waals surface area (Å²) < 4.78 is 6.10. The molecule has 3 heterocycles. The summed E-state index contributed by atoms with van der Waals surface area (Å²) in [7, 11) is 0. The van der Waals surface area contributed by atoms with Gasteiger partial charge in [-0.2, -0.15) is 0 Å². The summed E-state index contributed by atoms with van der Waals surface area (Å²) in [5, 5.41) is 1.65. The summed E-state index contributed by atoms with van der Waals surface area (Å²) in [5.41, 5.74) is 8.74. The molecule has 2 N–H and O–H groups in total. The maximum Gasteiger partial charge on any atom is 0.356 e. The maximum atomic E-state index is 13.7. The van der Waals surface area contributed by atoms with Gasteiger partial charge in [0.05, 0.1) is 0 Å². The first-order valence-electron chi connectivity index (χ1n) is 11.1. The fourth-order valence-electron chi connectivity index (χ4n) is 4.02. The minimum atomic E-state index is -0.612. The molecule has 1 fully saturated rings. The number of carbonyl (C=O) groups is 2. The number of benzene rings is 2. The molecule has 0 radical (unpaired) electrons. The number of aromatic nitrogens is 1. The molecule has 176 valence electrons. The van der Waals surface area contributed by atoms with E-state index in [1.807, 2.05) is 84.3 Å². The second kappa shape index (κ2) is 10.5. The zero-order chi connectivity index (χ0) is 24.2. The van der Waals surface area contributed by atoms with Crippen LogP contribution in [0.2, 0.25) is 0 Å². The van der Waals surface area contributed by atoms with Gasteiger partial charge in [-0.05, 0) is 40.3 Å². The van der Waals surface area contributed by atoms with E-state index < -0.39 is 18.1 Å². The fourth-order valence-corrected chi connectivity index (χ4v) is 5.95. The van der Waals surface area contributed by atoms with Crippen LogP contribution in [0.15, 0.2) is 113 Å². The van der Waals surface area contributed by atoms with Crippen molar-refractivity contribution in [3.8, 4) is 0 Å². The number of rotatable bonds is 7. The molecule has 35 heavy (non-hydrogen) atoms. The van der Waals surface area contributed by atoms with E-state index in [0.29, 0.717) is 5.75 Å². The number of hydrogen-bond donors (Lipinski definition) is 1. The van der Waals surface area contributed by atoms with E-state index in [-0.39, 0.29) is 17.0 Å². The first kappa shape index (κ1) is 23.4. The van der Waals surface area contributed by atoms with Crippen molar-refractivity contribution in [2.45, 2.75) is 22.4 Å². The summed E-state index contributed by atoms with van der Waals surface area (Å²) in [5.74, 6) is -0.249. The van der Waals surface area contributed by atoms with Gasteiger partial charge in [-0.1, -0.05) is 72.4 Å². The highest BCUT2D eigenvalue weighted by molar-refractivity contribution is 8.02. The SMILES string of the molecule is NC1C(=O)N2C(C(=O)OC(c3ccccc3)c3ccccc3)=C(/C=C/Sc3ccncc3)CS[C@H]12. The maximum absolute atomic E-state index is 13.7. The Balaban J connectivity index is 1.47. The molecule has 5 rings (SSSR count). The lowest BCUT2D eigenvalue weighted by Gasteiger charge is -2.48. The van der Waals surface area contributed by atoms with Crippen molar-refractivity contribution in [2.75, 3.05) is 5.75 Å². The predicted molar refractivity (Wildman–Crippen MR) is 138 cm³/mol. The lowest BCUT2D eigenvalue weighted by molar-refractivity contribution is -0.153. The molecular weight excluding hydrogens is 478 g/mol. The van der Waals surface area contributed by atoms with E-state index in [4.69, 9.17) is 10.5 Å². The van der Waals surface area contributed by atoms with Crippen LogP contribution in [0, 0.1) is 0 Å². The lowest BCUT2D eigenvalue weighted by Crippen LogP contribution is -2.68. The van der Waals surface area contributed by atoms with Gasteiger partial charge in [0.15, 0.2) is 6.10 Å². The van der Waals surface area contributed by atoms with Crippen molar-refractivity contribution in [2.24, 2.45) is 5.73 Å². The second-order valence-corrected chi connectivity index (χ2v) is 10.1. The number of esters is 1. The van der Waals surface area contributed by atoms with Crippen molar-refractivity contribution >= 4 is 35.4 Å². The zero-order valence-corrected chi connectivity index (χ0v) is 20.3. The quantitative estimate of drug-likeness (QED) is 0.289. The largest absolute Gasteiger partial charge is 0.448 e. The number of fused-ring (bicyclic) bond motifs is 1. The van der Waals surface area contributed by atoms with Gasteiger partial charge >= 0.3 is 5.97 Å². The predicted octanol–water partition coefficient (Wildman–Crippen LogP) is 4.52. The van der Waals surface area contributed by atoms with Crippen LogP contribution in [0.5, 0.6) is 0 Å². The van der Waals surface area contributed by atoms with E-state index in [0.717, 1.165) is 21.6 Å². The molecule has 1 saturated heterocycles. The van der Waals surface area contributed by atoms with Crippen LogP contribution in [-0.4, -0.2) is 38.9 Å². The minimum Gasteiger partial charge on any atom is -0.448 e. The highest BCUT2D eigenvalue weighted by Gasteiger charge is 2.52. The first-order valence-corrected chi connectivity index (χ1v) is 13.0. The summed E-state index contributed by atoms with van der Waals surface area (Å²) in [4.78, 5) is 32.9. The van der Waals surface area contributed by atoms with Crippen LogP contribution in [-0.2, 0) is 14.3 Å². The van der Waals surface area contributed by atoms with Gasteiger partial charge in [-0.3, -0.25) is 14.7 Å². The summed E-state index contributed by atoms with van der Waals surface area (Å²) in [6.45, 7) is 0. The Hall–Kier alpha value is -3.33.